The molecule has 2 saturated heterocycles. The van der Waals surface area contributed by atoms with Crippen LogP contribution < -0.4 is 5.32 Å². The predicted octanol–water partition coefficient (Wildman–Crippen LogP) is 1.45. The second kappa shape index (κ2) is 6.08. The van der Waals surface area contributed by atoms with Gasteiger partial charge in [-0.2, -0.15) is 0 Å². The van der Waals surface area contributed by atoms with Crippen LogP contribution in [-0.4, -0.2) is 61.3 Å². The maximum absolute atomic E-state index is 13.2. The first-order valence-electron chi connectivity index (χ1n) is 9.27. The number of aromatic nitrogens is 4. The van der Waals surface area contributed by atoms with Crippen molar-refractivity contribution < 1.29 is 14.3 Å². The number of ether oxygens (including phenoxy) is 1. The number of carbonyl (C=O) groups excluding carboxylic acids is 2. The average Bonchev–Trinajstić information content (AvgIpc) is 3.39. The van der Waals surface area contributed by atoms with Crippen LogP contribution in [-0.2, 0) is 11.8 Å². The predicted molar refractivity (Wildman–Crippen MR) is 99.7 cm³/mol. The van der Waals surface area contributed by atoms with Gasteiger partial charge in [0, 0.05) is 26.0 Å². The topological polar surface area (TPSA) is 93.8 Å². The Balaban J connectivity index is 1.46. The van der Waals surface area contributed by atoms with Crippen LogP contribution in [0.25, 0.3) is 17.2 Å². The highest BCUT2D eigenvalue weighted by Crippen LogP contribution is 2.29. The third-order valence-electron chi connectivity index (χ3n) is 5.51. The van der Waals surface area contributed by atoms with Crippen molar-refractivity contribution in [2.75, 3.05) is 19.6 Å². The Hall–Kier alpha value is -3.36. The molecule has 2 aliphatic rings. The number of alkyl carbamates (subject to hydrolysis) is 1. The Morgan fingerprint density at radius 1 is 1.29 bits per heavy atom. The second-order valence-corrected chi connectivity index (χ2v) is 7.43. The molecule has 9 nitrogen and oxygen atoms in total. The van der Waals surface area contributed by atoms with Gasteiger partial charge in [0.1, 0.15) is 5.60 Å². The molecule has 5 heterocycles. The van der Waals surface area contributed by atoms with Crippen molar-refractivity contribution in [1.29, 1.82) is 0 Å². The Labute approximate surface area is 160 Å². The van der Waals surface area contributed by atoms with Crippen molar-refractivity contribution in [3.05, 3.63) is 42.2 Å². The highest BCUT2D eigenvalue weighted by Gasteiger charge is 2.44. The number of aryl methyl sites for hydroxylation is 1. The van der Waals surface area contributed by atoms with Gasteiger partial charge in [0.25, 0.3) is 5.91 Å². The van der Waals surface area contributed by atoms with Gasteiger partial charge in [-0.3, -0.25) is 9.20 Å². The van der Waals surface area contributed by atoms with Gasteiger partial charge in [-0.15, -0.1) is 10.2 Å². The first-order valence-corrected chi connectivity index (χ1v) is 9.27. The van der Waals surface area contributed by atoms with Crippen LogP contribution in [0.4, 0.5) is 4.79 Å². The van der Waals surface area contributed by atoms with E-state index in [1.54, 1.807) is 23.2 Å². The van der Waals surface area contributed by atoms with Gasteiger partial charge >= 0.3 is 6.09 Å². The van der Waals surface area contributed by atoms with Crippen LogP contribution in [0.3, 0.4) is 0 Å². The number of nitrogens with zero attached hydrogens (tertiary/aromatic N) is 5. The normalized spacial score (nSPS) is 21.9. The van der Waals surface area contributed by atoms with E-state index in [1.807, 2.05) is 34.3 Å². The summed E-state index contributed by atoms with van der Waals surface area (Å²) in [5, 5.41) is 11.2. The van der Waals surface area contributed by atoms with E-state index in [2.05, 4.69) is 15.5 Å². The summed E-state index contributed by atoms with van der Waals surface area (Å²) in [5.74, 6) is 0.594. The molecular formula is C19H20N6O3. The number of fused-ring (bicyclic) bond motifs is 1. The van der Waals surface area contributed by atoms with E-state index in [0.29, 0.717) is 36.7 Å². The minimum absolute atomic E-state index is 0.0875. The summed E-state index contributed by atoms with van der Waals surface area (Å²) in [5.41, 5.74) is 1.53. The summed E-state index contributed by atoms with van der Waals surface area (Å²) in [6, 6.07) is 7.46. The number of rotatable bonds is 2. The fourth-order valence-electron chi connectivity index (χ4n) is 4.07. The average molecular weight is 380 g/mol. The second-order valence-electron chi connectivity index (χ2n) is 7.43. The van der Waals surface area contributed by atoms with Crippen LogP contribution >= 0.6 is 0 Å². The number of carbonyl (C=O) groups is 2. The van der Waals surface area contributed by atoms with Gasteiger partial charge in [-0.25, -0.2) is 4.79 Å². The molecule has 2 amide bonds. The Bertz CT molecular complexity index is 1090. The summed E-state index contributed by atoms with van der Waals surface area (Å²) < 4.78 is 9.27. The highest BCUT2D eigenvalue weighted by molar-refractivity contribution is 5.94. The smallest absolute Gasteiger partial charge is 0.407 e. The fraction of sp³-hybridized carbons (Fsp3) is 0.368. The summed E-state index contributed by atoms with van der Waals surface area (Å²) in [6.07, 6.45) is 4.87. The molecule has 144 valence electrons. The minimum Gasteiger partial charge on any atom is -0.439 e. The zero-order valence-corrected chi connectivity index (χ0v) is 15.5. The van der Waals surface area contributed by atoms with Crippen molar-refractivity contribution in [1.82, 2.24) is 29.4 Å². The zero-order valence-electron chi connectivity index (χ0n) is 15.5. The van der Waals surface area contributed by atoms with Gasteiger partial charge in [0.05, 0.1) is 24.3 Å². The minimum atomic E-state index is -0.611. The number of nitrogens with one attached hydrogen (secondary N) is 1. The molecule has 28 heavy (non-hydrogen) atoms. The molecule has 1 spiro atoms. The number of likely N-dealkylation sites (tertiary alicyclic amines) is 1. The summed E-state index contributed by atoms with van der Waals surface area (Å²) in [6.45, 7) is 1.48. The van der Waals surface area contributed by atoms with Gasteiger partial charge in [0.2, 0.25) is 0 Å². The number of hydrogen-bond donors (Lipinski definition) is 1. The molecule has 1 atom stereocenters. The molecule has 0 saturated carbocycles. The lowest BCUT2D eigenvalue weighted by atomic mass is 9.92. The molecule has 1 unspecified atom stereocenters. The molecule has 0 radical (unpaired) electrons. The Morgan fingerprint density at radius 2 is 2.18 bits per heavy atom. The van der Waals surface area contributed by atoms with Crippen molar-refractivity contribution in [3.8, 4) is 11.5 Å². The van der Waals surface area contributed by atoms with Crippen LogP contribution in [0, 0.1) is 0 Å². The van der Waals surface area contributed by atoms with Gasteiger partial charge in [-0.1, -0.05) is 0 Å². The fourth-order valence-corrected chi connectivity index (χ4v) is 4.07. The molecule has 3 aromatic heterocycles. The van der Waals surface area contributed by atoms with E-state index in [0.717, 1.165) is 18.5 Å². The molecule has 3 aromatic rings. The summed E-state index contributed by atoms with van der Waals surface area (Å²) in [7, 11) is 1.94. The van der Waals surface area contributed by atoms with E-state index in [9.17, 15) is 9.59 Å². The van der Waals surface area contributed by atoms with Crippen LogP contribution in [0.5, 0.6) is 0 Å². The van der Waals surface area contributed by atoms with Crippen molar-refractivity contribution in [2.24, 2.45) is 7.05 Å². The highest BCUT2D eigenvalue weighted by atomic mass is 16.6. The molecule has 2 fully saturated rings. The maximum atomic E-state index is 13.2. The molecule has 1 N–H and O–H groups in total. The lowest BCUT2D eigenvalue weighted by Gasteiger charge is -2.38. The molecule has 0 bridgehead atoms. The van der Waals surface area contributed by atoms with E-state index in [1.165, 1.54) is 0 Å². The number of piperidine rings is 1. The SMILES string of the molecule is Cn1cccc1-c1nnc2ccc(C(=O)N3CCCC4(CNC(=O)O4)C3)cn12. The van der Waals surface area contributed by atoms with E-state index >= 15 is 0 Å². The first kappa shape index (κ1) is 16.8. The van der Waals surface area contributed by atoms with Crippen molar-refractivity contribution in [2.45, 2.75) is 18.4 Å². The van der Waals surface area contributed by atoms with Crippen LogP contribution in [0.1, 0.15) is 23.2 Å². The quantitative estimate of drug-likeness (QED) is 0.726. The molecule has 0 aromatic carbocycles. The molecule has 2 aliphatic heterocycles. The van der Waals surface area contributed by atoms with Gasteiger partial charge in [0.15, 0.2) is 11.5 Å². The molecule has 0 aliphatic carbocycles. The summed E-state index contributed by atoms with van der Waals surface area (Å²) >= 11 is 0. The lowest BCUT2D eigenvalue weighted by molar-refractivity contribution is -0.00505. The molecule has 9 heteroatoms. The maximum Gasteiger partial charge on any atom is 0.407 e. The third-order valence-corrected chi connectivity index (χ3v) is 5.51. The Kier molecular flexibility index (Phi) is 3.65. The standard InChI is InChI=1S/C19H20N6O3/c1-23-8-2-4-14(23)16-22-21-15-6-5-13(10-25(15)16)17(26)24-9-3-7-19(12-24)11-20-18(27)28-19/h2,4-6,8,10H,3,7,9,11-12H2,1H3,(H,20,27). The number of amides is 2. The zero-order chi connectivity index (χ0) is 19.3. The van der Waals surface area contributed by atoms with E-state index < -0.39 is 11.7 Å². The third kappa shape index (κ3) is 2.62. The van der Waals surface area contributed by atoms with Gasteiger partial charge in [-0.05, 0) is 37.1 Å². The Morgan fingerprint density at radius 3 is 2.93 bits per heavy atom. The van der Waals surface area contributed by atoms with E-state index in [4.69, 9.17) is 4.74 Å². The van der Waals surface area contributed by atoms with Crippen molar-refractivity contribution >= 4 is 17.6 Å². The van der Waals surface area contributed by atoms with Crippen molar-refractivity contribution in [3.63, 3.8) is 0 Å². The monoisotopic (exact) mass is 380 g/mol. The summed E-state index contributed by atoms with van der Waals surface area (Å²) in [4.78, 5) is 26.4. The van der Waals surface area contributed by atoms with E-state index in [-0.39, 0.29) is 5.91 Å². The lowest BCUT2D eigenvalue weighted by Crippen LogP contribution is -2.52. The van der Waals surface area contributed by atoms with Crippen LogP contribution in [0.15, 0.2) is 36.7 Å². The van der Waals surface area contributed by atoms with Gasteiger partial charge < -0.3 is 19.5 Å². The molecular weight excluding hydrogens is 360 g/mol. The number of hydrogen-bond acceptors (Lipinski definition) is 5. The largest absolute Gasteiger partial charge is 0.439 e. The first-order chi connectivity index (χ1) is 13.5. The molecule has 5 rings (SSSR count). The number of pyridine rings is 1. The van der Waals surface area contributed by atoms with Crippen LogP contribution in [0.2, 0.25) is 0 Å².